The third-order valence-corrected chi connectivity index (χ3v) is 5.20. The molecular weight excluding hydrogens is 406 g/mol. The van der Waals surface area contributed by atoms with Crippen LogP contribution in [0.15, 0.2) is 54.6 Å². The number of benzene rings is 2. The Bertz CT molecular complexity index is 702. The molecule has 148 valence electrons. The number of esters is 1. The highest BCUT2D eigenvalue weighted by Crippen LogP contribution is 2.28. The van der Waals surface area contributed by atoms with Crippen LogP contribution in [0.1, 0.15) is 30.9 Å². The van der Waals surface area contributed by atoms with Gasteiger partial charge in [-0.3, -0.25) is 4.79 Å². The molecule has 0 saturated heterocycles. The quantitative estimate of drug-likeness (QED) is 0.432. The number of hydrogen-bond donors (Lipinski definition) is 0. The van der Waals surface area contributed by atoms with E-state index in [-0.39, 0.29) is 23.0 Å². The van der Waals surface area contributed by atoms with Gasteiger partial charge in [-0.15, -0.1) is 0 Å². The Morgan fingerprint density at radius 3 is 2.22 bits per heavy atom. The molecular formula is C22H30BrNO3. The number of halogens is 1. The zero-order valence-electron chi connectivity index (χ0n) is 16.7. The second-order valence-corrected chi connectivity index (χ2v) is 6.76. The van der Waals surface area contributed by atoms with Crippen molar-refractivity contribution in [3.05, 3.63) is 65.7 Å². The van der Waals surface area contributed by atoms with Crippen molar-refractivity contribution in [3.8, 4) is 5.75 Å². The van der Waals surface area contributed by atoms with Crippen molar-refractivity contribution < 1.29 is 35.7 Å². The van der Waals surface area contributed by atoms with Crippen molar-refractivity contribution in [1.82, 2.24) is 0 Å². The van der Waals surface area contributed by atoms with Crippen molar-refractivity contribution in [2.24, 2.45) is 0 Å². The summed E-state index contributed by atoms with van der Waals surface area (Å²) in [4.78, 5) is 12.9. The standard InChI is InChI=1S/C22H30NO3.BrH/c1-5-23(3,6-2)15-16-26-22(24)21(18-11-8-7-9-12-18)19-13-10-14-20(17-19)25-4;/h7-14,17,21H,5-6,15-16H2,1-4H3;1H/q+1;/p-1. The molecule has 2 aromatic carbocycles. The van der Waals surface area contributed by atoms with Gasteiger partial charge in [0.25, 0.3) is 0 Å². The number of rotatable bonds is 9. The SMILES string of the molecule is CC[N+](C)(CC)CCOC(=O)C(c1ccccc1)c1cccc(OC)c1.[Br-]. The molecule has 2 rings (SSSR count). The molecule has 4 nitrogen and oxygen atoms in total. The fourth-order valence-corrected chi connectivity index (χ4v) is 2.92. The lowest BCUT2D eigenvalue weighted by molar-refractivity contribution is -0.906. The first kappa shape index (κ1) is 23.2. The summed E-state index contributed by atoms with van der Waals surface area (Å²) in [6, 6.07) is 17.4. The third kappa shape index (κ3) is 6.36. The second-order valence-electron chi connectivity index (χ2n) is 6.76. The van der Waals surface area contributed by atoms with Crippen LogP contribution in [-0.4, -0.2) is 50.9 Å². The van der Waals surface area contributed by atoms with Crippen LogP contribution in [-0.2, 0) is 9.53 Å². The average Bonchev–Trinajstić information content (AvgIpc) is 2.69. The zero-order valence-corrected chi connectivity index (χ0v) is 18.2. The summed E-state index contributed by atoms with van der Waals surface area (Å²) < 4.78 is 11.9. The lowest BCUT2D eigenvalue weighted by Gasteiger charge is -2.32. The summed E-state index contributed by atoms with van der Waals surface area (Å²) in [6.07, 6.45) is 0. The molecule has 1 atom stereocenters. The van der Waals surface area contributed by atoms with E-state index in [0.29, 0.717) is 6.61 Å². The minimum Gasteiger partial charge on any atom is -1.00 e. The Morgan fingerprint density at radius 2 is 1.63 bits per heavy atom. The summed E-state index contributed by atoms with van der Waals surface area (Å²) in [5, 5.41) is 0. The van der Waals surface area contributed by atoms with Gasteiger partial charge in [0.2, 0.25) is 0 Å². The molecule has 0 bridgehead atoms. The molecule has 0 radical (unpaired) electrons. The van der Waals surface area contributed by atoms with Crippen molar-refractivity contribution in [2.75, 3.05) is 40.4 Å². The predicted molar refractivity (Wildman–Crippen MR) is 104 cm³/mol. The molecule has 5 heteroatoms. The van der Waals surface area contributed by atoms with Gasteiger partial charge in [0.15, 0.2) is 0 Å². The first-order chi connectivity index (χ1) is 12.5. The maximum absolute atomic E-state index is 12.9. The fraction of sp³-hybridized carbons (Fsp3) is 0.409. The Labute approximate surface area is 173 Å². The molecule has 0 aliphatic rings. The number of ether oxygens (including phenoxy) is 2. The van der Waals surface area contributed by atoms with Crippen molar-refractivity contribution >= 4 is 5.97 Å². The van der Waals surface area contributed by atoms with E-state index in [9.17, 15) is 4.79 Å². The maximum atomic E-state index is 12.9. The highest BCUT2D eigenvalue weighted by Gasteiger charge is 2.26. The van der Waals surface area contributed by atoms with Crippen molar-refractivity contribution in [3.63, 3.8) is 0 Å². The largest absolute Gasteiger partial charge is 1.00 e. The number of methoxy groups -OCH3 is 1. The number of carbonyl (C=O) groups excluding carboxylic acids is 1. The molecule has 0 aromatic heterocycles. The van der Waals surface area contributed by atoms with E-state index in [0.717, 1.165) is 41.0 Å². The molecule has 0 aliphatic carbocycles. The summed E-state index contributed by atoms with van der Waals surface area (Å²) >= 11 is 0. The van der Waals surface area contributed by atoms with Crippen LogP contribution in [0, 0.1) is 0 Å². The number of nitrogens with zero attached hydrogens (tertiary/aromatic N) is 1. The fourth-order valence-electron chi connectivity index (χ4n) is 2.92. The number of likely N-dealkylation sites (N-methyl/N-ethyl adjacent to an activating group) is 1. The van der Waals surface area contributed by atoms with Crippen LogP contribution in [0.5, 0.6) is 5.75 Å². The summed E-state index contributed by atoms with van der Waals surface area (Å²) in [6.45, 7) is 7.60. The number of carbonyl (C=O) groups is 1. The molecule has 0 heterocycles. The van der Waals surface area contributed by atoms with Crippen LogP contribution >= 0.6 is 0 Å². The highest BCUT2D eigenvalue weighted by molar-refractivity contribution is 5.82. The van der Waals surface area contributed by atoms with Gasteiger partial charge in [0.05, 0.1) is 27.2 Å². The average molecular weight is 436 g/mol. The van der Waals surface area contributed by atoms with Gasteiger partial charge in [0.1, 0.15) is 24.8 Å². The first-order valence-electron chi connectivity index (χ1n) is 9.22. The van der Waals surface area contributed by atoms with E-state index < -0.39 is 5.92 Å². The third-order valence-electron chi connectivity index (χ3n) is 5.20. The van der Waals surface area contributed by atoms with Crippen LogP contribution in [0.25, 0.3) is 0 Å². The Hall–Kier alpha value is -1.85. The van der Waals surface area contributed by atoms with Crippen LogP contribution in [0.2, 0.25) is 0 Å². The molecule has 0 aliphatic heterocycles. The molecule has 0 amide bonds. The molecule has 1 unspecified atom stereocenters. The van der Waals surface area contributed by atoms with Gasteiger partial charge >= 0.3 is 5.97 Å². The van der Waals surface area contributed by atoms with Gasteiger partial charge in [-0.1, -0.05) is 42.5 Å². The first-order valence-corrected chi connectivity index (χ1v) is 9.22. The summed E-state index contributed by atoms with van der Waals surface area (Å²) in [7, 11) is 3.81. The summed E-state index contributed by atoms with van der Waals surface area (Å²) in [5.41, 5.74) is 1.80. The number of hydrogen-bond acceptors (Lipinski definition) is 3. The minimum absolute atomic E-state index is 0. The topological polar surface area (TPSA) is 35.5 Å². The highest BCUT2D eigenvalue weighted by atomic mass is 79.9. The molecule has 0 saturated carbocycles. The van der Waals surface area contributed by atoms with Gasteiger partial charge in [-0.05, 0) is 37.1 Å². The van der Waals surface area contributed by atoms with Crippen LogP contribution in [0.3, 0.4) is 0 Å². The van der Waals surface area contributed by atoms with Gasteiger partial charge < -0.3 is 30.9 Å². The maximum Gasteiger partial charge on any atom is 0.318 e. The molecule has 27 heavy (non-hydrogen) atoms. The Balaban J connectivity index is 0.00000364. The minimum atomic E-state index is -0.451. The van der Waals surface area contributed by atoms with Crippen LogP contribution < -0.4 is 21.7 Å². The Kier molecular flexibility index (Phi) is 9.53. The predicted octanol–water partition coefficient (Wildman–Crippen LogP) is 0.861. The van der Waals surface area contributed by atoms with Crippen LogP contribution in [0.4, 0.5) is 0 Å². The lowest BCUT2D eigenvalue weighted by atomic mass is 9.91. The van der Waals surface area contributed by atoms with Gasteiger partial charge in [0, 0.05) is 0 Å². The van der Waals surface area contributed by atoms with E-state index in [1.165, 1.54) is 0 Å². The van der Waals surface area contributed by atoms with Gasteiger partial charge in [-0.25, -0.2) is 0 Å². The van der Waals surface area contributed by atoms with E-state index in [1.54, 1.807) is 7.11 Å². The molecule has 0 N–H and O–H groups in total. The van der Waals surface area contributed by atoms with Crippen molar-refractivity contribution in [2.45, 2.75) is 19.8 Å². The molecule has 0 fully saturated rings. The van der Waals surface area contributed by atoms with E-state index >= 15 is 0 Å². The smallest absolute Gasteiger partial charge is 0.318 e. The number of quaternary nitrogens is 1. The zero-order chi connectivity index (χ0) is 19.0. The van der Waals surface area contributed by atoms with E-state index in [1.807, 2.05) is 54.6 Å². The normalized spacial score (nSPS) is 12.0. The van der Waals surface area contributed by atoms with Crippen molar-refractivity contribution in [1.29, 1.82) is 0 Å². The lowest BCUT2D eigenvalue weighted by Crippen LogP contribution is -3.00. The Morgan fingerprint density at radius 1 is 1.00 bits per heavy atom. The van der Waals surface area contributed by atoms with E-state index in [2.05, 4.69) is 20.9 Å². The molecule has 0 spiro atoms. The van der Waals surface area contributed by atoms with E-state index in [4.69, 9.17) is 9.47 Å². The second kappa shape index (κ2) is 11.1. The monoisotopic (exact) mass is 435 g/mol. The molecule has 2 aromatic rings. The summed E-state index contributed by atoms with van der Waals surface area (Å²) in [5.74, 6) is 0.0638. The van der Waals surface area contributed by atoms with Gasteiger partial charge in [-0.2, -0.15) is 0 Å².